The van der Waals surface area contributed by atoms with Crippen LogP contribution in [-0.2, 0) is 5.54 Å². The largest absolute Gasteiger partial charge is 0.492 e. The van der Waals surface area contributed by atoms with E-state index in [4.69, 9.17) is 4.74 Å². The van der Waals surface area contributed by atoms with Crippen molar-refractivity contribution in [3.05, 3.63) is 47.3 Å². The zero-order chi connectivity index (χ0) is 17.9. The van der Waals surface area contributed by atoms with Crippen LogP contribution in [0.4, 0.5) is 5.69 Å². The maximum absolute atomic E-state index is 12.7. The first-order chi connectivity index (χ1) is 11.3. The van der Waals surface area contributed by atoms with Gasteiger partial charge in [0, 0.05) is 22.5 Å². The highest BCUT2D eigenvalue weighted by Crippen LogP contribution is 2.26. The summed E-state index contributed by atoms with van der Waals surface area (Å²) in [6.07, 6.45) is 0. The molecule has 0 aliphatic carbocycles. The minimum absolute atomic E-state index is 0.0400. The standard InChI is InChI=1S/C20H28N2O2/c1-7-24-19-11-9-8-10-17(19)21-13-18(23)16-12-14(2)22(15(16)3)20(4,5)6/h8-12,21H,7,13H2,1-6H3. The van der Waals surface area contributed by atoms with Crippen LogP contribution in [0.3, 0.4) is 0 Å². The fourth-order valence-corrected chi connectivity index (χ4v) is 3.24. The molecule has 4 heteroatoms. The fourth-order valence-electron chi connectivity index (χ4n) is 3.24. The van der Waals surface area contributed by atoms with Gasteiger partial charge in [-0.15, -0.1) is 0 Å². The number of aryl methyl sites for hydroxylation is 1. The summed E-state index contributed by atoms with van der Waals surface area (Å²) in [5.41, 5.74) is 3.71. The van der Waals surface area contributed by atoms with Crippen LogP contribution in [0.25, 0.3) is 0 Å². The lowest BCUT2D eigenvalue weighted by molar-refractivity contribution is 0.100. The van der Waals surface area contributed by atoms with Gasteiger partial charge in [0.05, 0.1) is 18.8 Å². The molecule has 1 aromatic heterocycles. The van der Waals surface area contributed by atoms with Crippen LogP contribution in [0, 0.1) is 13.8 Å². The molecule has 1 heterocycles. The monoisotopic (exact) mass is 328 g/mol. The number of benzene rings is 1. The van der Waals surface area contributed by atoms with Gasteiger partial charge in [-0.05, 0) is 59.7 Å². The predicted octanol–water partition coefficient (Wildman–Crippen LogP) is 4.55. The summed E-state index contributed by atoms with van der Waals surface area (Å²) in [6.45, 7) is 13.3. The molecule has 0 saturated carbocycles. The van der Waals surface area contributed by atoms with E-state index in [1.54, 1.807) is 0 Å². The Morgan fingerprint density at radius 1 is 1.21 bits per heavy atom. The van der Waals surface area contributed by atoms with Crippen molar-refractivity contribution >= 4 is 11.5 Å². The second-order valence-corrected chi connectivity index (χ2v) is 7.00. The lowest BCUT2D eigenvalue weighted by atomic mass is 10.1. The summed E-state index contributed by atoms with van der Waals surface area (Å²) in [5.74, 6) is 0.859. The number of nitrogens with zero attached hydrogens (tertiary/aromatic N) is 1. The minimum Gasteiger partial charge on any atom is -0.492 e. The van der Waals surface area contributed by atoms with Gasteiger partial charge in [-0.1, -0.05) is 12.1 Å². The Labute approximate surface area is 144 Å². The van der Waals surface area contributed by atoms with Gasteiger partial charge in [0.1, 0.15) is 5.75 Å². The van der Waals surface area contributed by atoms with E-state index in [1.807, 2.05) is 51.1 Å². The average molecular weight is 328 g/mol. The van der Waals surface area contributed by atoms with Crippen molar-refractivity contribution in [2.75, 3.05) is 18.5 Å². The fraction of sp³-hybridized carbons (Fsp3) is 0.450. The first kappa shape index (κ1) is 18.1. The number of carbonyl (C=O) groups excluding carboxylic acids is 1. The molecule has 0 aliphatic heterocycles. The van der Waals surface area contributed by atoms with E-state index in [-0.39, 0.29) is 17.9 Å². The molecule has 0 bridgehead atoms. The number of anilines is 1. The van der Waals surface area contributed by atoms with Gasteiger partial charge in [-0.25, -0.2) is 0 Å². The summed E-state index contributed by atoms with van der Waals surface area (Å²) >= 11 is 0. The van der Waals surface area contributed by atoms with E-state index in [1.165, 1.54) is 0 Å². The Hall–Kier alpha value is -2.23. The first-order valence-electron chi connectivity index (χ1n) is 8.44. The molecule has 0 unspecified atom stereocenters. The highest BCUT2D eigenvalue weighted by atomic mass is 16.5. The third-order valence-corrected chi connectivity index (χ3v) is 4.03. The molecule has 24 heavy (non-hydrogen) atoms. The Bertz CT molecular complexity index is 724. The summed E-state index contributed by atoms with van der Waals surface area (Å²) in [4.78, 5) is 12.7. The van der Waals surface area contributed by atoms with E-state index in [9.17, 15) is 4.79 Å². The Morgan fingerprint density at radius 2 is 1.88 bits per heavy atom. The molecular weight excluding hydrogens is 300 g/mol. The second-order valence-electron chi connectivity index (χ2n) is 7.00. The number of hydrogen-bond acceptors (Lipinski definition) is 3. The van der Waals surface area contributed by atoms with E-state index >= 15 is 0 Å². The quantitative estimate of drug-likeness (QED) is 0.791. The van der Waals surface area contributed by atoms with Gasteiger partial charge in [0.25, 0.3) is 0 Å². The molecule has 130 valence electrons. The molecule has 0 saturated heterocycles. The van der Waals surface area contributed by atoms with Crippen LogP contribution in [0.15, 0.2) is 30.3 Å². The molecular formula is C20H28N2O2. The van der Waals surface area contributed by atoms with Gasteiger partial charge in [-0.2, -0.15) is 0 Å². The highest BCUT2D eigenvalue weighted by molar-refractivity contribution is 6.00. The Balaban J connectivity index is 2.17. The lowest BCUT2D eigenvalue weighted by Gasteiger charge is -2.25. The van der Waals surface area contributed by atoms with Crippen LogP contribution < -0.4 is 10.1 Å². The molecule has 0 amide bonds. The van der Waals surface area contributed by atoms with Crippen molar-refractivity contribution in [2.45, 2.75) is 47.1 Å². The van der Waals surface area contributed by atoms with Crippen molar-refractivity contribution in [3.63, 3.8) is 0 Å². The van der Waals surface area contributed by atoms with Crippen LogP contribution in [-0.4, -0.2) is 23.5 Å². The van der Waals surface area contributed by atoms with Gasteiger partial charge in [0.15, 0.2) is 5.78 Å². The SMILES string of the molecule is CCOc1ccccc1NCC(=O)c1cc(C)n(C(C)(C)C)c1C. The van der Waals surface area contributed by atoms with Crippen molar-refractivity contribution in [3.8, 4) is 5.75 Å². The number of aromatic nitrogens is 1. The van der Waals surface area contributed by atoms with Crippen molar-refractivity contribution in [1.82, 2.24) is 4.57 Å². The second kappa shape index (κ2) is 7.12. The van der Waals surface area contributed by atoms with Gasteiger partial charge < -0.3 is 14.6 Å². The summed E-state index contributed by atoms with van der Waals surface area (Å²) in [5, 5.41) is 3.21. The van der Waals surface area contributed by atoms with Crippen molar-refractivity contribution in [2.24, 2.45) is 0 Å². The topological polar surface area (TPSA) is 43.3 Å². The normalized spacial score (nSPS) is 11.4. The number of hydrogen-bond donors (Lipinski definition) is 1. The molecule has 0 atom stereocenters. The number of para-hydroxylation sites is 2. The van der Waals surface area contributed by atoms with Gasteiger partial charge in [0.2, 0.25) is 0 Å². The molecule has 1 aromatic carbocycles. The molecule has 0 spiro atoms. The number of Topliss-reactive ketones (excluding diaryl/α,β-unsaturated/α-hetero) is 1. The molecule has 2 rings (SSSR count). The lowest BCUT2D eigenvalue weighted by Crippen LogP contribution is -2.24. The van der Waals surface area contributed by atoms with Crippen LogP contribution in [0.2, 0.25) is 0 Å². The van der Waals surface area contributed by atoms with Crippen LogP contribution in [0.5, 0.6) is 5.75 Å². The number of carbonyl (C=O) groups is 1. The number of nitrogens with one attached hydrogen (secondary N) is 1. The minimum atomic E-state index is -0.0400. The van der Waals surface area contributed by atoms with Gasteiger partial charge in [-0.3, -0.25) is 4.79 Å². The number of rotatable bonds is 6. The molecule has 1 N–H and O–H groups in total. The highest BCUT2D eigenvalue weighted by Gasteiger charge is 2.22. The van der Waals surface area contributed by atoms with Gasteiger partial charge >= 0.3 is 0 Å². The first-order valence-corrected chi connectivity index (χ1v) is 8.44. The summed E-state index contributed by atoms with van der Waals surface area (Å²) in [6, 6.07) is 9.67. The molecule has 4 nitrogen and oxygen atoms in total. The Kier molecular flexibility index (Phi) is 5.37. The maximum Gasteiger partial charge on any atom is 0.183 e. The van der Waals surface area contributed by atoms with Crippen molar-refractivity contribution in [1.29, 1.82) is 0 Å². The predicted molar refractivity (Wildman–Crippen MR) is 99.3 cm³/mol. The third-order valence-electron chi connectivity index (χ3n) is 4.03. The van der Waals surface area contributed by atoms with E-state index in [0.29, 0.717) is 6.61 Å². The van der Waals surface area contributed by atoms with E-state index in [0.717, 1.165) is 28.4 Å². The summed E-state index contributed by atoms with van der Waals surface area (Å²) < 4.78 is 7.81. The third kappa shape index (κ3) is 3.81. The molecule has 2 aromatic rings. The maximum atomic E-state index is 12.7. The summed E-state index contributed by atoms with van der Waals surface area (Å²) in [7, 11) is 0. The average Bonchev–Trinajstić information content (AvgIpc) is 2.81. The number of ketones is 1. The van der Waals surface area contributed by atoms with Crippen LogP contribution >= 0.6 is 0 Å². The Morgan fingerprint density at radius 3 is 2.46 bits per heavy atom. The molecule has 0 fully saturated rings. The van der Waals surface area contributed by atoms with E-state index < -0.39 is 0 Å². The zero-order valence-corrected chi connectivity index (χ0v) is 15.6. The van der Waals surface area contributed by atoms with Crippen molar-refractivity contribution < 1.29 is 9.53 Å². The molecule has 0 radical (unpaired) electrons. The van der Waals surface area contributed by atoms with Crippen LogP contribution in [0.1, 0.15) is 49.4 Å². The van der Waals surface area contributed by atoms with E-state index in [2.05, 4.69) is 30.7 Å². The number of ether oxygens (including phenoxy) is 1. The smallest absolute Gasteiger partial charge is 0.183 e. The molecule has 0 aliphatic rings. The zero-order valence-electron chi connectivity index (χ0n) is 15.6.